The first-order valence-corrected chi connectivity index (χ1v) is 6.76. The van der Waals surface area contributed by atoms with Gasteiger partial charge in [-0.1, -0.05) is 26.0 Å². The van der Waals surface area contributed by atoms with Crippen LogP contribution in [0.2, 0.25) is 0 Å². The lowest BCUT2D eigenvalue weighted by Crippen LogP contribution is -2.26. The van der Waals surface area contributed by atoms with Crippen LogP contribution in [0.1, 0.15) is 32.3 Å². The summed E-state index contributed by atoms with van der Waals surface area (Å²) in [5, 5.41) is 3.40. The molecule has 1 saturated carbocycles. The number of aromatic nitrogens is 1. The number of nitrogens with zero attached hydrogens (tertiary/aromatic N) is 2. The van der Waals surface area contributed by atoms with Gasteiger partial charge in [0.05, 0.1) is 0 Å². The van der Waals surface area contributed by atoms with Crippen molar-refractivity contribution in [3.8, 4) is 0 Å². The van der Waals surface area contributed by atoms with E-state index in [2.05, 4.69) is 47.8 Å². The van der Waals surface area contributed by atoms with E-state index in [4.69, 9.17) is 0 Å². The van der Waals surface area contributed by atoms with Gasteiger partial charge in [-0.3, -0.25) is 0 Å². The Balaban J connectivity index is 1.98. The molecule has 3 heteroatoms. The van der Waals surface area contributed by atoms with Gasteiger partial charge in [0.15, 0.2) is 0 Å². The normalized spacial score (nSPS) is 14.8. The molecule has 1 aromatic heterocycles. The second-order valence-corrected chi connectivity index (χ2v) is 5.23. The van der Waals surface area contributed by atoms with Crippen LogP contribution in [-0.2, 0) is 6.54 Å². The smallest absolute Gasteiger partial charge is 0.129 e. The van der Waals surface area contributed by atoms with E-state index in [1.54, 1.807) is 0 Å². The average Bonchev–Trinajstić information content (AvgIpc) is 3.18. The second kappa shape index (κ2) is 6.01. The van der Waals surface area contributed by atoms with Gasteiger partial charge in [-0.2, -0.15) is 0 Å². The maximum atomic E-state index is 4.57. The van der Waals surface area contributed by atoms with E-state index in [0.717, 1.165) is 18.9 Å². The van der Waals surface area contributed by atoms with Crippen molar-refractivity contribution in [2.45, 2.75) is 45.3 Å². The summed E-state index contributed by atoms with van der Waals surface area (Å²) in [4.78, 5) is 6.91. The minimum atomic E-state index is 0.508. The molecule has 2 rings (SSSR count). The average molecular weight is 245 g/mol. The largest absolute Gasteiger partial charge is 0.350 e. The number of hydrogen-bond acceptors (Lipinski definition) is 3. The summed E-state index contributed by atoms with van der Waals surface area (Å²) in [6, 6.07) is 5.47. The fourth-order valence-corrected chi connectivity index (χ4v) is 1.97. The highest BCUT2D eigenvalue weighted by molar-refractivity contribution is 5.43. The van der Waals surface area contributed by atoms with Gasteiger partial charge in [-0.25, -0.2) is 4.98 Å². The lowest BCUT2D eigenvalue weighted by Gasteiger charge is -2.21. The van der Waals surface area contributed by atoms with Crippen molar-refractivity contribution in [3.63, 3.8) is 0 Å². The molecule has 0 amide bonds. The quantitative estimate of drug-likeness (QED) is 0.749. The molecule has 1 N–H and O–H groups in total. The van der Waals surface area contributed by atoms with Crippen molar-refractivity contribution in [3.05, 3.63) is 36.5 Å². The zero-order valence-electron chi connectivity index (χ0n) is 11.4. The Morgan fingerprint density at radius 1 is 1.50 bits per heavy atom. The predicted molar refractivity (Wildman–Crippen MR) is 76.8 cm³/mol. The Kier molecular flexibility index (Phi) is 4.37. The highest BCUT2D eigenvalue weighted by Gasteiger charge is 2.28. The molecule has 0 saturated heterocycles. The standard InChI is InChI=1S/C15H23N3/c1-4-9-18(14-6-7-14)15-8-5-13(11-17-15)10-16-12(2)3/h4-5,8,11-12,14,16H,1,6-7,9-10H2,2-3H3. The third kappa shape index (κ3) is 3.57. The second-order valence-electron chi connectivity index (χ2n) is 5.23. The van der Waals surface area contributed by atoms with Crippen LogP contribution in [0.4, 0.5) is 5.82 Å². The molecule has 0 unspecified atom stereocenters. The van der Waals surface area contributed by atoms with Crippen molar-refractivity contribution in [1.82, 2.24) is 10.3 Å². The zero-order chi connectivity index (χ0) is 13.0. The van der Waals surface area contributed by atoms with Gasteiger partial charge in [0, 0.05) is 31.4 Å². The van der Waals surface area contributed by atoms with E-state index < -0.39 is 0 Å². The predicted octanol–water partition coefficient (Wildman–Crippen LogP) is 2.73. The van der Waals surface area contributed by atoms with Crippen LogP contribution in [0, 0.1) is 0 Å². The molecule has 1 aromatic rings. The summed E-state index contributed by atoms with van der Waals surface area (Å²) < 4.78 is 0. The molecular formula is C15H23N3. The Labute approximate surface area is 110 Å². The Hall–Kier alpha value is -1.35. The van der Waals surface area contributed by atoms with Crippen LogP contribution in [-0.4, -0.2) is 23.6 Å². The topological polar surface area (TPSA) is 28.2 Å². The van der Waals surface area contributed by atoms with Gasteiger partial charge in [0.25, 0.3) is 0 Å². The third-order valence-electron chi connectivity index (χ3n) is 3.13. The molecular weight excluding hydrogens is 222 g/mol. The van der Waals surface area contributed by atoms with E-state index in [0.29, 0.717) is 12.1 Å². The minimum absolute atomic E-state index is 0.508. The molecule has 98 valence electrons. The summed E-state index contributed by atoms with van der Waals surface area (Å²) in [6.45, 7) is 9.90. The molecule has 0 atom stereocenters. The summed E-state index contributed by atoms with van der Waals surface area (Å²) in [5.41, 5.74) is 1.24. The monoisotopic (exact) mass is 245 g/mol. The Morgan fingerprint density at radius 2 is 2.28 bits per heavy atom. The highest BCUT2D eigenvalue weighted by Crippen LogP contribution is 2.30. The fourth-order valence-electron chi connectivity index (χ4n) is 1.97. The molecule has 1 aliphatic carbocycles. The minimum Gasteiger partial charge on any atom is -0.350 e. The Morgan fingerprint density at radius 3 is 2.78 bits per heavy atom. The van der Waals surface area contributed by atoms with E-state index in [9.17, 15) is 0 Å². The SMILES string of the molecule is C=CCN(c1ccc(CNC(C)C)cn1)C1CC1. The van der Waals surface area contributed by atoms with Crippen LogP contribution in [0.3, 0.4) is 0 Å². The molecule has 0 bridgehead atoms. The van der Waals surface area contributed by atoms with Crippen LogP contribution in [0.5, 0.6) is 0 Å². The summed E-state index contributed by atoms with van der Waals surface area (Å²) in [6.07, 6.45) is 6.50. The molecule has 1 fully saturated rings. The van der Waals surface area contributed by atoms with Gasteiger partial charge in [-0.15, -0.1) is 6.58 Å². The number of anilines is 1. The summed E-state index contributed by atoms with van der Waals surface area (Å²) >= 11 is 0. The molecule has 18 heavy (non-hydrogen) atoms. The summed E-state index contributed by atoms with van der Waals surface area (Å²) in [5.74, 6) is 1.07. The molecule has 0 spiro atoms. The van der Waals surface area contributed by atoms with Gasteiger partial charge >= 0.3 is 0 Å². The molecule has 0 radical (unpaired) electrons. The highest BCUT2D eigenvalue weighted by atomic mass is 15.2. The lowest BCUT2D eigenvalue weighted by molar-refractivity contribution is 0.588. The van der Waals surface area contributed by atoms with Gasteiger partial charge in [-0.05, 0) is 24.5 Å². The van der Waals surface area contributed by atoms with E-state index in [-0.39, 0.29) is 0 Å². The fraction of sp³-hybridized carbons (Fsp3) is 0.533. The first-order valence-electron chi connectivity index (χ1n) is 6.76. The first-order chi connectivity index (χ1) is 8.70. The van der Waals surface area contributed by atoms with Gasteiger partial charge in [0.2, 0.25) is 0 Å². The van der Waals surface area contributed by atoms with Crippen LogP contribution >= 0.6 is 0 Å². The number of rotatable bonds is 7. The van der Waals surface area contributed by atoms with Crippen LogP contribution in [0.25, 0.3) is 0 Å². The maximum absolute atomic E-state index is 4.57. The van der Waals surface area contributed by atoms with Gasteiger partial charge < -0.3 is 10.2 Å². The van der Waals surface area contributed by atoms with Crippen molar-refractivity contribution in [2.24, 2.45) is 0 Å². The van der Waals surface area contributed by atoms with Crippen molar-refractivity contribution in [1.29, 1.82) is 0 Å². The maximum Gasteiger partial charge on any atom is 0.129 e. The molecule has 3 nitrogen and oxygen atoms in total. The van der Waals surface area contributed by atoms with Crippen LogP contribution in [0.15, 0.2) is 31.0 Å². The molecule has 1 aliphatic rings. The van der Waals surface area contributed by atoms with Gasteiger partial charge in [0.1, 0.15) is 5.82 Å². The van der Waals surface area contributed by atoms with Crippen LogP contribution < -0.4 is 10.2 Å². The van der Waals surface area contributed by atoms with Crippen molar-refractivity contribution < 1.29 is 0 Å². The van der Waals surface area contributed by atoms with Crippen molar-refractivity contribution in [2.75, 3.05) is 11.4 Å². The third-order valence-corrected chi connectivity index (χ3v) is 3.13. The number of nitrogens with one attached hydrogen (secondary N) is 1. The van der Waals surface area contributed by atoms with E-state index in [1.165, 1.54) is 18.4 Å². The molecule has 0 aromatic carbocycles. The van der Waals surface area contributed by atoms with E-state index in [1.807, 2.05) is 12.3 Å². The zero-order valence-corrected chi connectivity index (χ0v) is 11.4. The Bertz CT molecular complexity index is 379. The van der Waals surface area contributed by atoms with E-state index >= 15 is 0 Å². The molecule has 1 heterocycles. The lowest BCUT2D eigenvalue weighted by atomic mass is 10.2. The number of pyridine rings is 1. The first kappa shape index (κ1) is 13.1. The number of hydrogen-bond donors (Lipinski definition) is 1. The van der Waals surface area contributed by atoms with Crippen molar-refractivity contribution >= 4 is 5.82 Å². The molecule has 0 aliphatic heterocycles. The summed E-state index contributed by atoms with van der Waals surface area (Å²) in [7, 11) is 0.